The van der Waals surface area contributed by atoms with Gasteiger partial charge in [-0.25, -0.2) is 9.79 Å². The van der Waals surface area contributed by atoms with Crippen molar-refractivity contribution in [2.75, 3.05) is 14.1 Å². The molecule has 11 heteroatoms. The summed E-state index contributed by atoms with van der Waals surface area (Å²) in [5.74, 6) is -2.52. The zero-order valence-corrected chi connectivity index (χ0v) is 19.3. The van der Waals surface area contributed by atoms with Gasteiger partial charge in [0.25, 0.3) is 23.3 Å². The molecule has 5 rings (SSSR count). The lowest BCUT2D eigenvalue weighted by atomic mass is 9.87. The van der Waals surface area contributed by atoms with Gasteiger partial charge >= 0.3 is 6.03 Å². The van der Waals surface area contributed by atoms with Crippen molar-refractivity contribution in [2.24, 2.45) is 4.99 Å². The molecule has 4 amide bonds. The van der Waals surface area contributed by atoms with Crippen molar-refractivity contribution in [1.29, 1.82) is 0 Å². The van der Waals surface area contributed by atoms with Crippen LogP contribution in [0.15, 0.2) is 32.4 Å². The number of aliphatic hydroxyl groups is 1. The maximum Gasteiger partial charge on any atom is 0.333 e. The fourth-order valence-electron chi connectivity index (χ4n) is 4.79. The number of carbonyl (C=O) groups is 3. The molecule has 10 nitrogen and oxygen atoms in total. The van der Waals surface area contributed by atoms with E-state index in [9.17, 15) is 24.3 Å². The number of benzene rings is 1. The Morgan fingerprint density at radius 3 is 2.35 bits per heavy atom. The zero-order chi connectivity index (χ0) is 24.4. The summed E-state index contributed by atoms with van der Waals surface area (Å²) in [6.45, 7) is 0. The zero-order valence-electron chi connectivity index (χ0n) is 18.5. The molecule has 34 heavy (non-hydrogen) atoms. The van der Waals surface area contributed by atoms with E-state index in [2.05, 4.69) is 4.99 Å². The van der Waals surface area contributed by atoms with Gasteiger partial charge < -0.3 is 14.3 Å². The van der Waals surface area contributed by atoms with E-state index in [0.717, 1.165) is 46.2 Å². The van der Waals surface area contributed by atoms with E-state index in [1.807, 2.05) is 0 Å². The Morgan fingerprint density at radius 1 is 1.06 bits per heavy atom. The molecule has 2 fully saturated rings. The highest BCUT2D eigenvalue weighted by atomic mass is 35.5. The third-order valence-electron chi connectivity index (χ3n) is 6.66. The fraction of sp³-hybridized carbons (Fsp3) is 0.435. The van der Waals surface area contributed by atoms with Gasteiger partial charge in [-0.3, -0.25) is 24.2 Å². The summed E-state index contributed by atoms with van der Waals surface area (Å²) in [6.07, 6.45) is 2.91. The number of aliphatic imine (C=N–C) groups is 1. The highest BCUT2D eigenvalue weighted by Crippen LogP contribution is 2.42. The maximum absolute atomic E-state index is 13.6. The van der Waals surface area contributed by atoms with Crippen LogP contribution in [0.4, 0.5) is 4.79 Å². The van der Waals surface area contributed by atoms with Gasteiger partial charge in [0.1, 0.15) is 5.58 Å². The predicted molar refractivity (Wildman–Crippen MR) is 121 cm³/mol. The Kier molecular flexibility index (Phi) is 5.25. The number of hydrogen-bond acceptors (Lipinski definition) is 8. The van der Waals surface area contributed by atoms with Gasteiger partial charge in [-0.05, 0) is 31.0 Å². The molecular weight excluding hydrogens is 466 g/mol. The maximum atomic E-state index is 13.6. The number of barbiturate groups is 1. The standard InChI is InChI=1S/C23H22ClN3O7/c1-26-20(29)23(32,21(30)27(2)22(26)31)18-15-16(28)13-10-11(24)8-9-14(13)33-17(15)19(34-18)25-12-6-4-3-5-7-12/h8-10,12,18,32H,3-7H2,1-2H3. The number of nitrogens with zero attached hydrogens (tertiary/aromatic N) is 3. The van der Waals surface area contributed by atoms with Crippen LogP contribution in [0.3, 0.4) is 0 Å². The van der Waals surface area contributed by atoms with Crippen LogP contribution in [0.5, 0.6) is 0 Å². The first-order valence-electron chi connectivity index (χ1n) is 11.0. The average molecular weight is 488 g/mol. The Hall–Kier alpha value is -3.24. The average Bonchev–Trinajstić information content (AvgIpc) is 3.20. The number of halogens is 1. The van der Waals surface area contributed by atoms with Crippen molar-refractivity contribution < 1.29 is 28.6 Å². The molecule has 2 aromatic rings. The van der Waals surface area contributed by atoms with Gasteiger partial charge in [0.2, 0.25) is 5.43 Å². The van der Waals surface area contributed by atoms with Crippen molar-refractivity contribution in [1.82, 2.24) is 9.80 Å². The molecule has 1 aliphatic carbocycles. The summed E-state index contributed by atoms with van der Waals surface area (Å²) in [6, 6.07) is 3.47. The molecule has 178 valence electrons. The van der Waals surface area contributed by atoms with Crippen LogP contribution in [0.2, 0.25) is 5.02 Å². The topological polar surface area (TPSA) is 130 Å². The summed E-state index contributed by atoms with van der Waals surface area (Å²) in [5, 5.41) is 11.8. The highest BCUT2D eigenvalue weighted by molar-refractivity contribution is 6.31. The molecule has 1 saturated heterocycles. The van der Waals surface area contributed by atoms with Crippen LogP contribution in [0.1, 0.15) is 49.5 Å². The van der Waals surface area contributed by atoms with Crippen LogP contribution in [-0.2, 0) is 14.3 Å². The molecule has 1 atom stereocenters. The lowest BCUT2D eigenvalue weighted by Crippen LogP contribution is -2.69. The minimum atomic E-state index is -2.88. The second-order valence-electron chi connectivity index (χ2n) is 8.82. The van der Waals surface area contributed by atoms with E-state index >= 15 is 0 Å². The molecule has 0 bridgehead atoms. The Morgan fingerprint density at radius 2 is 1.71 bits per heavy atom. The van der Waals surface area contributed by atoms with Gasteiger partial charge in [-0.1, -0.05) is 30.9 Å². The molecule has 1 unspecified atom stereocenters. The molecular formula is C23H22ClN3O7. The quantitative estimate of drug-likeness (QED) is 0.643. The largest absolute Gasteiger partial charge is 0.462 e. The van der Waals surface area contributed by atoms with E-state index in [1.54, 1.807) is 6.07 Å². The van der Waals surface area contributed by atoms with E-state index < -0.39 is 35.0 Å². The second kappa shape index (κ2) is 7.92. The highest BCUT2D eigenvalue weighted by Gasteiger charge is 2.64. The van der Waals surface area contributed by atoms with E-state index in [-0.39, 0.29) is 39.3 Å². The van der Waals surface area contributed by atoms with E-state index in [0.29, 0.717) is 9.80 Å². The normalized spacial score (nSPS) is 24.2. The van der Waals surface area contributed by atoms with Crippen LogP contribution < -0.4 is 5.43 Å². The van der Waals surface area contributed by atoms with Crippen molar-refractivity contribution in [2.45, 2.75) is 49.9 Å². The minimum absolute atomic E-state index is 0.0494. The van der Waals surface area contributed by atoms with Gasteiger partial charge in [0.15, 0.2) is 11.9 Å². The van der Waals surface area contributed by atoms with E-state index in [4.69, 9.17) is 20.8 Å². The molecule has 1 aromatic heterocycles. The number of fused-ring (bicyclic) bond motifs is 2. The molecule has 0 radical (unpaired) electrons. The van der Waals surface area contributed by atoms with Gasteiger partial charge in [-0.15, -0.1) is 0 Å². The molecule has 1 N–H and O–H groups in total. The van der Waals surface area contributed by atoms with Gasteiger partial charge in [0, 0.05) is 19.1 Å². The summed E-state index contributed by atoms with van der Waals surface area (Å²) in [7, 11) is 2.27. The monoisotopic (exact) mass is 487 g/mol. The molecule has 2 aliphatic heterocycles. The number of hydrogen-bond donors (Lipinski definition) is 1. The summed E-state index contributed by atoms with van der Waals surface area (Å²) in [4.78, 5) is 57.8. The first-order chi connectivity index (χ1) is 16.1. The van der Waals surface area contributed by atoms with E-state index in [1.165, 1.54) is 12.1 Å². The molecule has 1 saturated carbocycles. The van der Waals surface area contributed by atoms with Gasteiger partial charge in [0.05, 0.1) is 17.0 Å². The summed E-state index contributed by atoms with van der Waals surface area (Å²) < 4.78 is 11.9. The van der Waals surface area contributed by atoms with Crippen LogP contribution in [0, 0.1) is 0 Å². The number of ether oxygens (including phenoxy) is 1. The Balaban J connectivity index is 1.73. The van der Waals surface area contributed by atoms with Crippen LogP contribution in [-0.4, -0.2) is 64.4 Å². The molecule has 0 spiro atoms. The lowest BCUT2D eigenvalue weighted by molar-refractivity contribution is -0.179. The predicted octanol–water partition coefficient (Wildman–Crippen LogP) is 2.38. The van der Waals surface area contributed by atoms with Gasteiger partial charge in [-0.2, -0.15) is 0 Å². The molecule has 3 aliphatic rings. The second-order valence-corrected chi connectivity index (χ2v) is 9.25. The van der Waals surface area contributed by atoms with Crippen LogP contribution in [0.25, 0.3) is 11.0 Å². The summed E-state index contributed by atoms with van der Waals surface area (Å²) >= 11 is 6.07. The fourth-order valence-corrected chi connectivity index (χ4v) is 4.96. The number of rotatable bonds is 2. The SMILES string of the molecule is CN1C(=O)N(C)C(=O)C(O)(C2OC(=NC3CCCCC3)c3oc4ccc(Cl)cc4c(=O)c32)C1=O. The number of amides is 4. The first kappa shape index (κ1) is 22.5. The molecule has 1 aromatic carbocycles. The van der Waals surface area contributed by atoms with Crippen LogP contribution >= 0.6 is 11.6 Å². The number of imide groups is 2. The molecule has 3 heterocycles. The number of carbonyl (C=O) groups excluding carboxylic acids is 3. The van der Waals surface area contributed by atoms with Crippen molar-refractivity contribution in [3.05, 3.63) is 44.8 Å². The minimum Gasteiger partial charge on any atom is -0.462 e. The third-order valence-corrected chi connectivity index (χ3v) is 6.90. The van der Waals surface area contributed by atoms with Crippen molar-refractivity contribution in [3.63, 3.8) is 0 Å². The number of likely N-dealkylation sites (N-methyl/N-ethyl adjacent to an activating group) is 2. The Labute approximate surface area is 198 Å². The third kappa shape index (κ3) is 3.16. The smallest absolute Gasteiger partial charge is 0.333 e. The number of urea groups is 1. The summed E-state index contributed by atoms with van der Waals surface area (Å²) in [5.41, 5.74) is -3.50. The van der Waals surface area contributed by atoms with Crippen molar-refractivity contribution in [3.8, 4) is 0 Å². The lowest BCUT2D eigenvalue weighted by Gasteiger charge is -2.40. The van der Waals surface area contributed by atoms with Crippen molar-refractivity contribution >= 4 is 46.3 Å². The first-order valence-corrected chi connectivity index (χ1v) is 11.4. The Bertz CT molecular complexity index is 1300.